The largest absolute Gasteiger partial charge is 0.573 e. The summed E-state index contributed by atoms with van der Waals surface area (Å²) < 4.78 is 46.7. The van der Waals surface area contributed by atoms with E-state index in [1.165, 1.54) is 11.6 Å². The fourth-order valence-corrected chi connectivity index (χ4v) is 5.09. The smallest absolute Gasteiger partial charge is 0.406 e. The lowest BCUT2D eigenvalue weighted by Gasteiger charge is -2.35. The van der Waals surface area contributed by atoms with Crippen LogP contribution in [0.5, 0.6) is 5.75 Å². The number of halogens is 3. The lowest BCUT2D eigenvalue weighted by molar-refractivity contribution is -0.274. The minimum Gasteiger partial charge on any atom is -0.406 e. The van der Waals surface area contributed by atoms with Crippen LogP contribution in [0.1, 0.15) is 60.7 Å². The van der Waals surface area contributed by atoms with Gasteiger partial charge < -0.3 is 25.3 Å². The third-order valence-electron chi connectivity index (χ3n) is 6.94. The molecule has 2 aliphatic heterocycles. The molecule has 5 rings (SSSR count). The predicted molar refractivity (Wildman–Crippen MR) is 123 cm³/mol. The summed E-state index contributed by atoms with van der Waals surface area (Å²) >= 11 is 0. The molecule has 2 aliphatic rings. The van der Waals surface area contributed by atoms with E-state index in [4.69, 9.17) is 15.5 Å². The standard InChI is InChI=1S/C24H28F3N5O3/c25-24(26,27)35-16-1-2-18(19(28)13-16)23(33)32-9-4-14(5-10-32)17-3-8-29-22-20(17)30-21(31-22)15-6-11-34-12-7-15/h1-3,8,13-15,23,33H,4-7,9-12,28H2,(H,29,30,31). The van der Waals surface area contributed by atoms with Gasteiger partial charge in [0.05, 0.1) is 5.52 Å². The molecule has 0 radical (unpaired) electrons. The Morgan fingerprint density at radius 1 is 1.11 bits per heavy atom. The summed E-state index contributed by atoms with van der Waals surface area (Å²) in [5.74, 6) is 1.17. The van der Waals surface area contributed by atoms with Crippen LogP contribution in [0.2, 0.25) is 0 Å². The van der Waals surface area contributed by atoms with E-state index in [1.54, 1.807) is 6.20 Å². The molecule has 2 aromatic heterocycles. The molecule has 1 unspecified atom stereocenters. The van der Waals surface area contributed by atoms with E-state index in [1.807, 2.05) is 11.0 Å². The molecule has 4 heterocycles. The minimum absolute atomic E-state index is 0.0512. The molecular weight excluding hydrogens is 463 g/mol. The number of alkyl halides is 3. The zero-order chi connectivity index (χ0) is 24.6. The van der Waals surface area contributed by atoms with Gasteiger partial charge in [0.15, 0.2) is 5.65 Å². The average molecular weight is 492 g/mol. The van der Waals surface area contributed by atoms with Crippen molar-refractivity contribution in [1.29, 1.82) is 0 Å². The number of nitrogens with one attached hydrogen (secondary N) is 1. The van der Waals surface area contributed by atoms with Crippen molar-refractivity contribution in [3.63, 3.8) is 0 Å². The van der Waals surface area contributed by atoms with Crippen molar-refractivity contribution in [2.75, 3.05) is 32.0 Å². The topological polar surface area (TPSA) is 110 Å². The van der Waals surface area contributed by atoms with Crippen LogP contribution in [0.3, 0.4) is 0 Å². The van der Waals surface area contributed by atoms with Gasteiger partial charge in [0, 0.05) is 55.7 Å². The molecule has 3 aromatic rings. The van der Waals surface area contributed by atoms with Crippen molar-refractivity contribution in [1.82, 2.24) is 19.9 Å². The number of rotatable bonds is 5. The molecule has 0 aliphatic carbocycles. The van der Waals surface area contributed by atoms with E-state index in [-0.39, 0.29) is 11.6 Å². The highest BCUT2D eigenvalue weighted by Crippen LogP contribution is 2.37. The van der Waals surface area contributed by atoms with Gasteiger partial charge in [-0.2, -0.15) is 0 Å². The third kappa shape index (κ3) is 5.21. The van der Waals surface area contributed by atoms with E-state index < -0.39 is 18.3 Å². The Balaban J connectivity index is 1.27. The number of fused-ring (bicyclic) bond motifs is 1. The number of piperidine rings is 1. The first-order chi connectivity index (χ1) is 16.8. The number of pyridine rings is 1. The Hall–Kier alpha value is -2.89. The second-order valence-electron chi connectivity index (χ2n) is 9.13. The van der Waals surface area contributed by atoms with Crippen molar-refractivity contribution >= 4 is 16.9 Å². The van der Waals surface area contributed by atoms with Crippen LogP contribution < -0.4 is 10.5 Å². The summed E-state index contributed by atoms with van der Waals surface area (Å²) in [6.45, 7) is 2.70. The van der Waals surface area contributed by atoms with E-state index in [9.17, 15) is 18.3 Å². The molecule has 1 aromatic carbocycles. The van der Waals surface area contributed by atoms with Gasteiger partial charge in [-0.15, -0.1) is 13.2 Å². The first-order valence-electron chi connectivity index (χ1n) is 11.8. The van der Waals surface area contributed by atoms with E-state index >= 15 is 0 Å². The summed E-state index contributed by atoms with van der Waals surface area (Å²) in [5, 5.41) is 10.9. The molecule has 0 spiro atoms. The summed E-state index contributed by atoms with van der Waals surface area (Å²) in [5.41, 5.74) is 9.21. The number of nitrogens with two attached hydrogens (primary N) is 1. The number of anilines is 1. The zero-order valence-corrected chi connectivity index (χ0v) is 19.1. The lowest BCUT2D eigenvalue weighted by atomic mass is 9.89. The Bertz CT molecular complexity index is 1170. The molecule has 188 valence electrons. The Morgan fingerprint density at radius 3 is 2.54 bits per heavy atom. The van der Waals surface area contributed by atoms with Crippen LogP contribution in [0.15, 0.2) is 30.5 Å². The van der Waals surface area contributed by atoms with Crippen LogP contribution in [0.25, 0.3) is 11.2 Å². The molecule has 0 amide bonds. The molecule has 0 bridgehead atoms. The van der Waals surface area contributed by atoms with Crippen molar-refractivity contribution < 1.29 is 27.8 Å². The number of ether oxygens (including phenoxy) is 2. The van der Waals surface area contributed by atoms with Crippen molar-refractivity contribution in [2.45, 2.75) is 50.1 Å². The maximum atomic E-state index is 12.5. The summed E-state index contributed by atoms with van der Waals surface area (Å²) in [6.07, 6.45) is -0.532. The molecule has 4 N–H and O–H groups in total. The van der Waals surface area contributed by atoms with Crippen molar-refractivity contribution in [3.8, 4) is 5.75 Å². The first-order valence-corrected chi connectivity index (χ1v) is 11.8. The monoisotopic (exact) mass is 491 g/mol. The number of aromatic amines is 1. The molecule has 2 saturated heterocycles. The summed E-state index contributed by atoms with van der Waals surface area (Å²) in [7, 11) is 0. The Morgan fingerprint density at radius 2 is 1.86 bits per heavy atom. The fraction of sp³-hybridized carbons (Fsp3) is 0.500. The molecule has 8 nitrogen and oxygen atoms in total. The fourth-order valence-electron chi connectivity index (χ4n) is 5.09. The number of aromatic nitrogens is 3. The molecule has 11 heteroatoms. The number of likely N-dealkylation sites (tertiary alicyclic amines) is 1. The van der Waals surface area contributed by atoms with Gasteiger partial charge in [-0.3, -0.25) is 4.90 Å². The van der Waals surface area contributed by atoms with Crippen LogP contribution in [-0.4, -0.2) is 57.6 Å². The number of aliphatic hydroxyl groups is 1. The average Bonchev–Trinajstić information content (AvgIpc) is 3.28. The van der Waals surface area contributed by atoms with Crippen LogP contribution in [0, 0.1) is 0 Å². The van der Waals surface area contributed by atoms with Gasteiger partial charge in [-0.25, -0.2) is 9.97 Å². The van der Waals surface area contributed by atoms with Gasteiger partial charge in [-0.05, 0) is 55.4 Å². The number of nitrogens with zero attached hydrogens (tertiary/aromatic N) is 3. The summed E-state index contributed by atoms with van der Waals surface area (Å²) in [4.78, 5) is 14.6. The zero-order valence-electron chi connectivity index (χ0n) is 19.1. The number of aliphatic hydroxyl groups excluding tert-OH is 1. The molecule has 35 heavy (non-hydrogen) atoms. The number of imidazole rings is 1. The van der Waals surface area contributed by atoms with Gasteiger partial charge in [0.2, 0.25) is 0 Å². The minimum atomic E-state index is -4.80. The molecule has 1 atom stereocenters. The third-order valence-corrected chi connectivity index (χ3v) is 6.94. The molecule has 0 saturated carbocycles. The maximum Gasteiger partial charge on any atom is 0.573 e. The predicted octanol–water partition coefficient (Wildman–Crippen LogP) is 4.20. The van der Waals surface area contributed by atoms with Gasteiger partial charge in [0.25, 0.3) is 0 Å². The van der Waals surface area contributed by atoms with Crippen LogP contribution in [-0.2, 0) is 4.74 Å². The molecular formula is C24H28F3N5O3. The maximum absolute atomic E-state index is 12.5. The van der Waals surface area contributed by atoms with E-state index in [2.05, 4.69) is 14.7 Å². The van der Waals surface area contributed by atoms with Crippen LogP contribution >= 0.6 is 0 Å². The van der Waals surface area contributed by atoms with Crippen molar-refractivity contribution in [2.24, 2.45) is 0 Å². The highest BCUT2D eigenvalue weighted by Gasteiger charge is 2.32. The normalized spacial score (nSPS) is 19.8. The van der Waals surface area contributed by atoms with Gasteiger partial charge >= 0.3 is 6.36 Å². The van der Waals surface area contributed by atoms with Gasteiger partial charge in [0.1, 0.15) is 17.8 Å². The van der Waals surface area contributed by atoms with Crippen molar-refractivity contribution in [3.05, 3.63) is 47.4 Å². The highest BCUT2D eigenvalue weighted by molar-refractivity contribution is 5.75. The summed E-state index contributed by atoms with van der Waals surface area (Å²) in [6, 6.07) is 5.66. The number of nitrogen functional groups attached to an aromatic ring is 1. The first kappa shape index (κ1) is 23.8. The van der Waals surface area contributed by atoms with E-state index in [0.29, 0.717) is 24.6 Å². The molecule has 2 fully saturated rings. The second kappa shape index (κ2) is 9.63. The van der Waals surface area contributed by atoms with Crippen LogP contribution in [0.4, 0.5) is 18.9 Å². The van der Waals surface area contributed by atoms with E-state index in [0.717, 1.165) is 68.0 Å². The van der Waals surface area contributed by atoms with Gasteiger partial charge in [-0.1, -0.05) is 0 Å². The highest BCUT2D eigenvalue weighted by atomic mass is 19.4. The Labute approximate surface area is 200 Å². The number of hydrogen-bond acceptors (Lipinski definition) is 7. The number of hydrogen-bond donors (Lipinski definition) is 3. The number of H-pyrrole nitrogens is 1. The SMILES string of the molecule is Nc1cc(OC(F)(F)F)ccc1C(O)N1CCC(c2ccnc3nc(C4CCOCC4)[nH]c23)CC1. The number of benzene rings is 1. The lowest BCUT2D eigenvalue weighted by Crippen LogP contribution is -2.36. The quantitative estimate of drug-likeness (QED) is 0.459. The second-order valence-corrected chi connectivity index (χ2v) is 9.13. The Kier molecular flexibility index (Phi) is 6.56.